The Labute approximate surface area is 116 Å². The summed E-state index contributed by atoms with van der Waals surface area (Å²) in [5.41, 5.74) is 6.06. The van der Waals surface area contributed by atoms with Crippen LogP contribution in [0.3, 0.4) is 0 Å². The van der Waals surface area contributed by atoms with Gasteiger partial charge < -0.3 is 11.1 Å². The highest BCUT2D eigenvalue weighted by Gasteiger charge is 2.12. The topological polar surface area (TPSA) is 55.1 Å². The molecule has 0 aliphatic rings. The maximum absolute atomic E-state index is 13.4. The van der Waals surface area contributed by atoms with E-state index in [9.17, 15) is 13.6 Å². The number of amides is 1. The lowest BCUT2D eigenvalue weighted by Crippen LogP contribution is -2.15. The molecule has 1 amide bonds. The van der Waals surface area contributed by atoms with Gasteiger partial charge in [0.1, 0.15) is 11.6 Å². The van der Waals surface area contributed by atoms with Crippen LogP contribution in [-0.2, 0) is 0 Å². The molecule has 2 aromatic carbocycles. The highest BCUT2D eigenvalue weighted by Crippen LogP contribution is 2.21. The molecule has 2 rings (SSSR count). The molecular weight excluding hydrogens is 318 g/mol. The number of nitrogens with two attached hydrogens (primary N) is 1. The Balaban J connectivity index is 2.25. The van der Waals surface area contributed by atoms with Crippen LogP contribution in [0.25, 0.3) is 0 Å². The van der Waals surface area contributed by atoms with E-state index in [2.05, 4.69) is 21.2 Å². The smallest absolute Gasteiger partial charge is 0.257 e. The predicted molar refractivity (Wildman–Crippen MR) is 72.9 cm³/mol. The molecular formula is C13H9BrF2N2O. The Morgan fingerprint density at radius 1 is 1.16 bits per heavy atom. The summed E-state index contributed by atoms with van der Waals surface area (Å²) in [5.74, 6) is -2.11. The van der Waals surface area contributed by atoms with E-state index >= 15 is 0 Å². The van der Waals surface area contributed by atoms with Crippen LogP contribution < -0.4 is 11.1 Å². The van der Waals surface area contributed by atoms with Crippen molar-refractivity contribution in [2.75, 3.05) is 11.1 Å². The summed E-state index contributed by atoms with van der Waals surface area (Å²) in [6.45, 7) is 0. The summed E-state index contributed by atoms with van der Waals surface area (Å²) in [6.07, 6.45) is 0. The average molecular weight is 327 g/mol. The molecule has 0 radical (unpaired) electrons. The van der Waals surface area contributed by atoms with Gasteiger partial charge in [-0.2, -0.15) is 0 Å². The van der Waals surface area contributed by atoms with E-state index in [1.54, 1.807) is 12.1 Å². The molecule has 0 aliphatic carbocycles. The zero-order chi connectivity index (χ0) is 14.0. The van der Waals surface area contributed by atoms with E-state index in [-0.39, 0.29) is 16.9 Å². The van der Waals surface area contributed by atoms with Gasteiger partial charge >= 0.3 is 0 Å². The largest absolute Gasteiger partial charge is 0.398 e. The van der Waals surface area contributed by atoms with Crippen LogP contribution >= 0.6 is 15.9 Å². The predicted octanol–water partition coefficient (Wildman–Crippen LogP) is 3.56. The molecule has 0 unspecified atom stereocenters. The van der Waals surface area contributed by atoms with Crippen LogP contribution in [0.1, 0.15) is 10.4 Å². The van der Waals surface area contributed by atoms with E-state index in [1.807, 2.05) is 0 Å². The van der Waals surface area contributed by atoms with Crippen molar-refractivity contribution in [2.45, 2.75) is 0 Å². The molecule has 6 heteroatoms. The molecule has 19 heavy (non-hydrogen) atoms. The van der Waals surface area contributed by atoms with Gasteiger partial charge in [-0.05, 0) is 30.3 Å². The van der Waals surface area contributed by atoms with Gasteiger partial charge in [0, 0.05) is 16.2 Å². The molecule has 2 aromatic rings. The van der Waals surface area contributed by atoms with Gasteiger partial charge in [0.15, 0.2) is 0 Å². The van der Waals surface area contributed by atoms with Crippen LogP contribution in [-0.4, -0.2) is 5.91 Å². The second kappa shape index (κ2) is 5.36. The first-order chi connectivity index (χ1) is 8.97. The van der Waals surface area contributed by atoms with E-state index < -0.39 is 17.5 Å². The number of anilines is 2. The van der Waals surface area contributed by atoms with Crippen molar-refractivity contribution in [1.29, 1.82) is 0 Å². The van der Waals surface area contributed by atoms with Crippen LogP contribution in [0.5, 0.6) is 0 Å². The third-order valence-electron chi connectivity index (χ3n) is 2.44. The average Bonchev–Trinajstić information content (AvgIpc) is 2.32. The molecule has 3 N–H and O–H groups in total. The molecule has 0 saturated carbocycles. The molecule has 0 atom stereocenters. The number of hydrogen-bond acceptors (Lipinski definition) is 2. The first-order valence-corrected chi connectivity index (χ1v) is 6.08. The summed E-state index contributed by atoms with van der Waals surface area (Å²) in [4.78, 5) is 11.9. The second-order valence-corrected chi connectivity index (χ2v) is 4.73. The Bertz CT molecular complexity index is 647. The Hall–Kier alpha value is -1.95. The fourth-order valence-electron chi connectivity index (χ4n) is 1.52. The molecule has 0 heterocycles. The fourth-order valence-corrected chi connectivity index (χ4v) is 1.90. The number of rotatable bonds is 2. The number of carbonyl (C=O) groups excluding carboxylic acids is 1. The van der Waals surface area contributed by atoms with Gasteiger partial charge in [-0.1, -0.05) is 15.9 Å². The Morgan fingerprint density at radius 3 is 2.53 bits per heavy atom. The molecule has 0 aliphatic heterocycles. The van der Waals surface area contributed by atoms with Crippen LogP contribution in [0.2, 0.25) is 0 Å². The zero-order valence-electron chi connectivity index (χ0n) is 9.58. The first-order valence-electron chi connectivity index (χ1n) is 5.29. The standard InChI is InChI=1S/C13H9BrF2N2O/c14-7-1-3-9(11(17)5-7)13(19)18-12-4-2-8(15)6-10(12)16/h1-6H,17H2,(H,18,19). The van der Waals surface area contributed by atoms with Gasteiger partial charge in [-0.3, -0.25) is 4.79 Å². The van der Waals surface area contributed by atoms with Crippen molar-refractivity contribution in [3.63, 3.8) is 0 Å². The zero-order valence-corrected chi connectivity index (χ0v) is 11.2. The fraction of sp³-hybridized carbons (Fsp3) is 0. The minimum absolute atomic E-state index is 0.103. The summed E-state index contributed by atoms with van der Waals surface area (Å²) in [5, 5.41) is 2.34. The quantitative estimate of drug-likeness (QED) is 0.829. The lowest BCUT2D eigenvalue weighted by molar-refractivity contribution is 0.102. The maximum Gasteiger partial charge on any atom is 0.257 e. The van der Waals surface area contributed by atoms with E-state index in [0.29, 0.717) is 6.07 Å². The molecule has 3 nitrogen and oxygen atoms in total. The number of nitrogens with one attached hydrogen (secondary N) is 1. The van der Waals surface area contributed by atoms with Crippen molar-refractivity contribution in [2.24, 2.45) is 0 Å². The van der Waals surface area contributed by atoms with E-state index in [1.165, 1.54) is 6.07 Å². The summed E-state index contributed by atoms with van der Waals surface area (Å²) in [6, 6.07) is 7.63. The summed E-state index contributed by atoms with van der Waals surface area (Å²) in [7, 11) is 0. The van der Waals surface area contributed by atoms with E-state index in [0.717, 1.165) is 16.6 Å². The molecule has 98 valence electrons. The monoisotopic (exact) mass is 326 g/mol. The highest BCUT2D eigenvalue weighted by molar-refractivity contribution is 9.10. The first kappa shape index (κ1) is 13.5. The number of nitrogen functional groups attached to an aromatic ring is 1. The molecule has 0 bridgehead atoms. The third-order valence-corrected chi connectivity index (χ3v) is 2.93. The Kier molecular flexibility index (Phi) is 3.80. The molecule has 0 aromatic heterocycles. The SMILES string of the molecule is Nc1cc(Br)ccc1C(=O)Nc1ccc(F)cc1F. The summed E-state index contributed by atoms with van der Waals surface area (Å²) >= 11 is 3.22. The second-order valence-electron chi connectivity index (χ2n) is 3.81. The van der Waals surface area contributed by atoms with Crippen LogP contribution in [0.15, 0.2) is 40.9 Å². The van der Waals surface area contributed by atoms with Crippen molar-refractivity contribution in [1.82, 2.24) is 0 Å². The lowest BCUT2D eigenvalue weighted by atomic mass is 10.1. The molecule has 0 fully saturated rings. The highest BCUT2D eigenvalue weighted by atomic mass is 79.9. The molecule has 0 spiro atoms. The summed E-state index contributed by atoms with van der Waals surface area (Å²) < 4.78 is 26.9. The van der Waals surface area contributed by atoms with Crippen LogP contribution in [0.4, 0.5) is 20.2 Å². The Morgan fingerprint density at radius 2 is 1.89 bits per heavy atom. The van der Waals surface area contributed by atoms with Gasteiger partial charge in [0.2, 0.25) is 0 Å². The van der Waals surface area contributed by atoms with Gasteiger partial charge in [0.05, 0.1) is 11.3 Å². The molecule has 0 saturated heterocycles. The minimum atomic E-state index is -0.843. The van der Waals surface area contributed by atoms with Gasteiger partial charge in [-0.25, -0.2) is 8.78 Å². The minimum Gasteiger partial charge on any atom is -0.398 e. The van der Waals surface area contributed by atoms with Gasteiger partial charge in [-0.15, -0.1) is 0 Å². The number of halogens is 3. The normalized spacial score (nSPS) is 10.3. The van der Waals surface area contributed by atoms with Crippen LogP contribution in [0, 0.1) is 11.6 Å². The lowest BCUT2D eigenvalue weighted by Gasteiger charge is -2.08. The maximum atomic E-state index is 13.4. The van der Waals surface area contributed by atoms with Crippen molar-refractivity contribution in [3.05, 3.63) is 58.1 Å². The van der Waals surface area contributed by atoms with Crippen molar-refractivity contribution < 1.29 is 13.6 Å². The third kappa shape index (κ3) is 3.08. The number of carbonyl (C=O) groups is 1. The number of benzene rings is 2. The van der Waals surface area contributed by atoms with E-state index in [4.69, 9.17) is 5.73 Å². The number of hydrogen-bond donors (Lipinski definition) is 2. The van der Waals surface area contributed by atoms with Crippen molar-refractivity contribution >= 4 is 33.2 Å². The van der Waals surface area contributed by atoms with Gasteiger partial charge in [0.25, 0.3) is 5.91 Å². The van der Waals surface area contributed by atoms with Crippen molar-refractivity contribution in [3.8, 4) is 0 Å².